The molecule has 0 saturated carbocycles. The number of aliphatic imine (C=N–C) groups is 1. The van der Waals surface area contributed by atoms with Crippen molar-refractivity contribution in [3.8, 4) is 0 Å². The Morgan fingerprint density at radius 3 is 2.43 bits per heavy atom. The molecule has 0 amide bonds. The molecule has 0 heterocycles. The van der Waals surface area contributed by atoms with Gasteiger partial charge in [-0.15, -0.1) is 0 Å². The van der Waals surface area contributed by atoms with Crippen LogP contribution in [-0.4, -0.2) is 24.3 Å². The van der Waals surface area contributed by atoms with Crippen molar-refractivity contribution in [3.05, 3.63) is 23.1 Å². The summed E-state index contributed by atoms with van der Waals surface area (Å²) in [6, 6.07) is 0. The maximum absolute atomic E-state index is 5.84. The molecule has 0 aromatic heterocycles. The molecule has 0 unspecified atom stereocenters. The Balaban J connectivity index is 4.10. The van der Waals surface area contributed by atoms with E-state index >= 15 is 0 Å². The first-order chi connectivity index (χ1) is 6.47. The Bertz CT molecular complexity index is 247. The highest BCUT2D eigenvalue weighted by molar-refractivity contribution is 8.06. The molecule has 4 heteroatoms. The van der Waals surface area contributed by atoms with Gasteiger partial charge in [-0.2, -0.15) is 0 Å². The Labute approximate surface area is 95.7 Å². The van der Waals surface area contributed by atoms with E-state index in [0.717, 1.165) is 17.7 Å². The van der Waals surface area contributed by atoms with Crippen LogP contribution in [0.5, 0.6) is 0 Å². The molecule has 0 aromatic rings. The van der Waals surface area contributed by atoms with Gasteiger partial charge in [0, 0.05) is 14.1 Å². The summed E-state index contributed by atoms with van der Waals surface area (Å²) in [5.74, 6) is 0. The van der Waals surface area contributed by atoms with Crippen LogP contribution in [0, 0.1) is 0 Å². The number of rotatable bonds is 5. The minimum Gasteiger partial charge on any atom is -0.353 e. The van der Waals surface area contributed by atoms with Crippen LogP contribution in [0.4, 0.5) is 0 Å². The summed E-state index contributed by atoms with van der Waals surface area (Å²) in [5, 5.41) is 1.12. The highest BCUT2D eigenvalue weighted by Crippen LogP contribution is 2.27. The van der Waals surface area contributed by atoms with Crippen molar-refractivity contribution in [1.29, 1.82) is 0 Å². The molecule has 0 aliphatic rings. The maximum Gasteiger partial charge on any atom is 0.199 e. The van der Waals surface area contributed by atoms with Gasteiger partial charge in [0.2, 0.25) is 0 Å². The molecule has 80 valence electrons. The van der Waals surface area contributed by atoms with Crippen molar-refractivity contribution < 1.29 is 0 Å². The van der Waals surface area contributed by atoms with Crippen LogP contribution >= 0.6 is 23.4 Å². The van der Waals surface area contributed by atoms with Gasteiger partial charge in [0.15, 0.2) is 5.29 Å². The quantitative estimate of drug-likeness (QED) is 0.409. The van der Waals surface area contributed by atoms with Crippen LogP contribution in [0.1, 0.15) is 19.8 Å². The third-order valence-electron chi connectivity index (χ3n) is 1.38. The molecule has 0 radical (unpaired) electrons. The lowest BCUT2D eigenvalue weighted by Gasteiger charge is -2.09. The molecular weight excluding hydrogens is 216 g/mol. The first-order valence-corrected chi connectivity index (χ1v) is 5.62. The van der Waals surface area contributed by atoms with Gasteiger partial charge in [-0.25, -0.2) is 4.99 Å². The molecule has 0 aliphatic carbocycles. The third kappa shape index (κ3) is 6.11. The van der Waals surface area contributed by atoms with Gasteiger partial charge in [-0.3, -0.25) is 0 Å². The summed E-state index contributed by atoms with van der Waals surface area (Å²) in [5.41, 5.74) is 0. The summed E-state index contributed by atoms with van der Waals surface area (Å²) >= 11 is 7.33. The van der Waals surface area contributed by atoms with Crippen molar-refractivity contribution in [2.24, 2.45) is 4.99 Å². The number of amidine groups is 1. The molecule has 14 heavy (non-hydrogen) atoms. The standard InChI is InChI=1S/C10H17ClN2S/c1-6-7-8(2)14-9(3)12-10(11)13(4)5/h2-3,6-7H2,1,4-5H3/b12-10-. The van der Waals surface area contributed by atoms with Crippen LogP contribution in [0.2, 0.25) is 0 Å². The number of thioether (sulfide) groups is 1. The molecule has 0 bridgehead atoms. The van der Waals surface area contributed by atoms with Crippen molar-refractivity contribution in [3.63, 3.8) is 0 Å². The molecule has 0 N–H and O–H groups in total. The highest BCUT2D eigenvalue weighted by atomic mass is 35.5. The molecule has 2 nitrogen and oxygen atoms in total. The van der Waals surface area contributed by atoms with E-state index in [1.54, 1.807) is 4.90 Å². The van der Waals surface area contributed by atoms with E-state index in [1.165, 1.54) is 11.8 Å². The van der Waals surface area contributed by atoms with Gasteiger partial charge in [-0.05, 0) is 22.9 Å². The van der Waals surface area contributed by atoms with E-state index in [9.17, 15) is 0 Å². The minimum atomic E-state index is 0.437. The van der Waals surface area contributed by atoms with E-state index in [-0.39, 0.29) is 0 Å². The molecule has 0 aliphatic heterocycles. The molecule has 0 atom stereocenters. The number of allylic oxidation sites excluding steroid dienone is 1. The van der Waals surface area contributed by atoms with Gasteiger partial charge in [0.25, 0.3) is 0 Å². The van der Waals surface area contributed by atoms with Crippen molar-refractivity contribution in [2.45, 2.75) is 19.8 Å². The van der Waals surface area contributed by atoms with E-state index in [2.05, 4.69) is 25.1 Å². The second kappa shape index (κ2) is 6.96. The van der Waals surface area contributed by atoms with Crippen LogP contribution in [0.15, 0.2) is 28.1 Å². The van der Waals surface area contributed by atoms with Crippen molar-refractivity contribution in [2.75, 3.05) is 14.1 Å². The van der Waals surface area contributed by atoms with Crippen LogP contribution in [-0.2, 0) is 0 Å². The van der Waals surface area contributed by atoms with Crippen LogP contribution in [0.3, 0.4) is 0 Å². The fraction of sp³-hybridized carbons (Fsp3) is 0.500. The summed E-state index contributed by atoms with van der Waals surface area (Å²) in [7, 11) is 3.68. The SMILES string of the molecule is C=C(CCC)SC(=C)/N=C(/Cl)N(C)C. The maximum atomic E-state index is 5.84. The monoisotopic (exact) mass is 232 g/mol. The molecule has 0 aromatic carbocycles. The average Bonchev–Trinajstić information content (AvgIpc) is 2.03. The zero-order chi connectivity index (χ0) is 11.1. The van der Waals surface area contributed by atoms with E-state index in [0.29, 0.717) is 10.3 Å². The lowest BCUT2D eigenvalue weighted by atomic mass is 10.3. The lowest BCUT2D eigenvalue weighted by molar-refractivity contribution is 0.634. The smallest absolute Gasteiger partial charge is 0.199 e. The van der Waals surface area contributed by atoms with Crippen molar-refractivity contribution in [1.82, 2.24) is 4.90 Å². The topological polar surface area (TPSA) is 15.6 Å². The third-order valence-corrected chi connectivity index (χ3v) is 2.62. The highest BCUT2D eigenvalue weighted by Gasteiger charge is 2.00. The first-order valence-electron chi connectivity index (χ1n) is 4.43. The fourth-order valence-electron chi connectivity index (χ4n) is 0.722. The molecular formula is C10H17ClN2S. The van der Waals surface area contributed by atoms with Crippen LogP contribution in [0.25, 0.3) is 0 Å². The molecule has 0 spiro atoms. The summed E-state index contributed by atoms with van der Waals surface area (Å²) in [6.45, 7) is 9.83. The second-order valence-corrected chi connectivity index (χ2v) is 4.65. The van der Waals surface area contributed by atoms with Gasteiger partial charge in [0.1, 0.15) is 0 Å². The second-order valence-electron chi connectivity index (χ2n) is 3.06. The van der Waals surface area contributed by atoms with Gasteiger partial charge in [0.05, 0.1) is 5.03 Å². The molecule has 0 rings (SSSR count). The Morgan fingerprint density at radius 2 is 2.00 bits per heavy atom. The van der Waals surface area contributed by atoms with E-state index in [4.69, 9.17) is 11.6 Å². The summed E-state index contributed by atoms with van der Waals surface area (Å²) < 4.78 is 0. The Morgan fingerprint density at radius 1 is 1.43 bits per heavy atom. The zero-order valence-electron chi connectivity index (χ0n) is 9.01. The predicted molar refractivity (Wildman–Crippen MR) is 67.8 cm³/mol. The predicted octanol–water partition coefficient (Wildman–Crippen LogP) is 3.66. The fourth-order valence-corrected chi connectivity index (χ4v) is 1.65. The van der Waals surface area contributed by atoms with Crippen LogP contribution < -0.4 is 0 Å². The lowest BCUT2D eigenvalue weighted by Crippen LogP contribution is -2.15. The largest absolute Gasteiger partial charge is 0.353 e. The molecule has 0 saturated heterocycles. The number of halogens is 1. The van der Waals surface area contributed by atoms with Gasteiger partial charge >= 0.3 is 0 Å². The summed E-state index contributed by atoms with van der Waals surface area (Å²) in [6.07, 6.45) is 2.07. The Hall–Kier alpha value is -0.410. The normalized spacial score (nSPS) is 11.3. The first kappa shape index (κ1) is 13.6. The number of hydrogen-bond acceptors (Lipinski definition) is 2. The van der Waals surface area contributed by atoms with E-state index < -0.39 is 0 Å². The molecule has 0 fully saturated rings. The Kier molecular flexibility index (Phi) is 6.75. The average molecular weight is 233 g/mol. The summed E-state index contributed by atoms with van der Waals surface area (Å²) in [4.78, 5) is 6.92. The number of nitrogens with zero attached hydrogens (tertiary/aromatic N) is 2. The van der Waals surface area contributed by atoms with Gasteiger partial charge < -0.3 is 4.90 Å². The number of hydrogen-bond donors (Lipinski definition) is 0. The van der Waals surface area contributed by atoms with Crippen molar-refractivity contribution >= 4 is 28.7 Å². The van der Waals surface area contributed by atoms with Gasteiger partial charge in [-0.1, -0.05) is 38.3 Å². The zero-order valence-corrected chi connectivity index (χ0v) is 10.6. The van der Waals surface area contributed by atoms with E-state index in [1.807, 2.05) is 14.1 Å². The minimum absolute atomic E-state index is 0.437.